The molecule has 2 heterocycles. The fraction of sp³-hybridized carbons (Fsp3) is 0.174. The number of methoxy groups -OCH3 is 2. The maximum atomic E-state index is 12.8. The molecule has 0 spiro atoms. The van der Waals surface area contributed by atoms with Crippen LogP contribution in [0, 0.1) is 13.8 Å². The van der Waals surface area contributed by atoms with Gasteiger partial charge < -0.3 is 14.0 Å². The first-order valence-corrected chi connectivity index (χ1v) is 10.4. The second-order valence-electron chi connectivity index (χ2n) is 6.81. The molecule has 2 aromatic carbocycles. The highest BCUT2D eigenvalue weighted by atomic mass is 32.1. The molecule has 1 amide bonds. The second-order valence-corrected chi connectivity index (χ2v) is 7.81. The van der Waals surface area contributed by atoms with Crippen LogP contribution in [-0.4, -0.2) is 30.3 Å². The minimum Gasteiger partial charge on any atom is -0.497 e. The van der Waals surface area contributed by atoms with Gasteiger partial charge in [0.05, 0.1) is 30.5 Å². The van der Waals surface area contributed by atoms with Gasteiger partial charge in [0.25, 0.3) is 5.91 Å². The fourth-order valence-electron chi connectivity index (χ4n) is 3.22. The summed E-state index contributed by atoms with van der Waals surface area (Å²) in [7, 11) is 3.26. The van der Waals surface area contributed by atoms with Gasteiger partial charge in [0.15, 0.2) is 5.13 Å². The number of thiazole rings is 1. The summed E-state index contributed by atoms with van der Waals surface area (Å²) >= 11 is 1.40. The Labute approximate surface area is 183 Å². The molecule has 31 heavy (non-hydrogen) atoms. The summed E-state index contributed by atoms with van der Waals surface area (Å²) in [5.74, 6) is 1.70. The molecule has 0 fully saturated rings. The van der Waals surface area contributed by atoms with E-state index in [9.17, 15) is 4.79 Å². The predicted octanol–water partition coefficient (Wildman–Crippen LogP) is 5.35. The Kier molecular flexibility index (Phi) is 5.73. The maximum absolute atomic E-state index is 12.8. The Balaban J connectivity index is 1.74. The number of aromatic nitrogens is 2. The number of carbonyl (C=O) groups is 1. The van der Waals surface area contributed by atoms with Gasteiger partial charge in [-0.1, -0.05) is 16.5 Å². The molecule has 0 atom stereocenters. The number of nitrogens with one attached hydrogen (secondary N) is 1. The van der Waals surface area contributed by atoms with Crippen molar-refractivity contribution >= 4 is 22.4 Å². The van der Waals surface area contributed by atoms with E-state index >= 15 is 0 Å². The van der Waals surface area contributed by atoms with E-state index in [4.69, 9.17) is 19.0 Å². The normalized spacial score (nSPS) is 10.7. The minimum absolute atomic E-state index is 0.299. The zero-order valence-corrected chi connectivity index (χ0v) is 18.4. The van der Waals surface area contributed by atoms with Gasteiger partial charge >= 0.3 is 0 Å². The highest BCUT2D eigenvalue weighted by Gasteiger charge is 2.21. The van der Waals surface area contributed by atoms with Crippen LogP contribution in [0.4, 0.5) is 5.13 Å². The summed E-state index contributed by atoms with van der Waals surface area (Å²) in [4.78, 5) is 18.5. The number of anilines is 1. The van der Waals surface area contributed by atoms with Crippen molar-refractivity contribution in [2.75, 3.05) is 19.5 Å². The van der Waals surface area contributed by atoms with Crippen LogP contribution in [0.5, 0.6) is 11.5 Å². The van der Waals surface area contributed by atoms with Crippen molar-refractivity contribution in [2.24, 2.45) is 0 Å². The Bertz CT molecular complexity index is 1130. The standard InChI is InChI=1S/C23H21N3O4S/c1-13-19(14(2)30-26-13)22(27)25-23-24-20(15-5-9-17(28-3)10-6-15)21(31-23)16-7-11-18(29-4)12-8-16/h5-12H,1-4H3,(H,24,25,27). The average molecular weight is 436 g/mol. The van der Waals surface area contributed by atoms with E-state index in [1.807, 2.05) is 48.5 Å². The van der Waals surface area contributed by atoms with Crippen LogP contribution in [0.1, 0.15) is 21.8 Å². The number of carbonyl (C=O) groups excluding carboxylic acids is 1. The number of ether oxygens (including phenoxy) is 2. The van der Waals surface area contributed by atoms with Crippen LogP contribution in [0.2, 0.25) is 0 Å². The Morgan fingerprint density at radius 1 is 0.935 bits per heavy atom. The molecule has 0 unspecified atom stereocenters. The largest absolute Gasteiger partial charge is 0.497 e. The van der Waals surface area contributed by atoms with E-state index in [0.29, 0.717) is 22.1 Å². The number of benzene rings is 2. The molecule has 2 aromatic heterocycles. The van der Waals surface area contributed by atoms with Crippen molar-refractivity contribution < 1.29 is 18.8 Å². The van der Waals surface area contributed by atoms with Crippen molar-refractivity contribution in [3.8, 4) is 33.2 Å². The summed E-state index contributed by atoms with van der Waals surface area (Å²) in [6.07, 6.45) is 0. The quantitative estimate of drug-likeness (QED) is 0.439. The van der Waals surface area contributed by atoms with Crippen LogP contribution < -0.4 is 14.8 Å². The topological polar surface area (TPSA) is 86.5 Å². The lowest BCUT2D eigenvalue weighted by molar-refractivity contribution is 0.102. The van der Waals surface area contributed by atoms with Crippen LogP contribution in [0.3, 0.4) is 0 Å². The first kappa shape index (κ1) is 20.6. The average Bonchev–Trinajstić information content (AvgIpc) is 3.36. The molecule has 4 aromatic rings. The van der Waals surface area contributed by atoms with E-state index in [1.165, 1.54) is 11.3 Å². The summed E-state index contributed by atoms with van der Waals surface area (Å²) in [6.45, 7) is 3.45. The van der Waals surface area contributed by atoms with E-state index in [0.717, 1.165) is 33.2 Å². The van der Waals surface area contributed by atoms with Crippen molar-refractivity contribution in [3.63, 3.8) is 0 Å². The van der Waals surface area contributed by atoms with E-state index in [2.05, 4.69) is 10.5 Å². The Morgan fingerprint density at radius 3 is 2.03 bits per heavy atom. The predicted molar refractivity (Wildman–Crippen MR) is 120 cm³/mol. The lowest BCUT2D eigenvalue weighted by Gasteiger charge is -2.05. The fourth-order valence-corrected chi connectivity index (χ4v) is 4.21. The molecule has 0 aliphatic rings. The van der Waals surface area contributed by atoms with Gasteiger partial charge in [0.2, 0.25) is 0 Å². The molecular weight excluding hydrogens is 414 g/mol. The number of aryl methyl sites for hydroxylation is 2. The number of amides is 1. The molecule has 158 valence electrons. The molecule has 0 aliphatic carbocycles. The monoisotopic (exact) mass is 435 g/mol. The van der Waals surface area contributed by atoms with Crippen LogP contribution in [0.15, 0.2) is 53.1 Å². The smallest absolute Gasteiger partial charge is 0.262 e. The van der Waals surface area contributed by atoms with Crippen molar-refractivity contribution in [2.45, 2.75) is 13.8 Å². The third kappa shape index (κ3) is 4.15. The number of hydrogen-bond donors (Lipinski definition) is 1. The summed E-state index contributed by atoms with van der Waals surface area (Å²) in [5, 5.41) is 7.23. The number of nitrogens with zero attached hydrogens (tertiary/aromatic N) is 2. The SMILES string of the molecule is COc1ccc(-c2nc(NC(=O)c3c(C)noc3C)sc2-c2ccc(OC)cc2)cc1. The van der Waals surface area contributed by atoms with Gasteiger partial charge in [0.1, 0.15) is 22.8 Å². The van der Waals surface area contributed by atoms with Gasteiger partial charge in [-0.05, 0) is 67.9 Å². The molecule has 0 saturated carbocycles. The first-order valence-electron chi connectivity index (χ1n) is 9.54. The summed E-state index contributed by atoms with van der Waals surface area (Å²) in [5.41, 5.74) is 3.62. The van der Waals surface area contributed by atoms with Gasteiger partial charge in [-0.25, -0.2) is 4.98 Å². The van der Waals surface area contributed by atoms with Gasteiger partial charge in [0, 0.05) is 5.56 Å². The number of rotatable bonds is 6. The lowest BCUT2D eigenvalue weighted by Crippen LogP contribution is -2.13. The molecule has 0 saturated heterocycles. The highest BCUT2D eigenvalue weighted by Crippen LogP contribution is 2.40. The molecule has 7 nitrogen and oxygen atoms in total. The molecule has 0 bridgehead atoms. The third-order valence-electron chi connectivity index (χ3n) is 4.82. The first-order chi connectivity index (χ1) is 15.0. The summed E-state index contributed by atoms with van der Waals surface area (Å²) in [6, 6.07) is 15.4. The van der Waals surface area contributed by atoms with Crippen molar-refractivity contribution in [1.29, 1.82) is 0 Å². The molecular formula is C23H21N3O4S. The molecule has 1 N–H and O–H groups in total. The minimum atomic E-state index is -0.299. The van der Waals surface area contributed by atoms with Crippen LogP contribution >= 0.6 is 11.3 Å². The zero-order valence-electron chi connectivity index (χ0n) is 17.6. The highest BCUT2D eigenvalue weighted by molar-refractivity contribution is 7.19. The maximum Gasteiger partial charge on any atom is 0.262 e. The van der Waals surface area contributed by atoms with Crippen LogP contribution in [0.25, 0.3) is 21.7 Å². The third-order valence-corrected chi connectivity index (χ3v) is 5.84. The Hall–Kier alpha value is -3.65. The summed E-state index contributed by atoms with van der Waals surface area (Å²) < 4.78 is 15.6. The number of hydrogen-bond acceptors (Lipinski definition) is 7. The van der Waals surface area contributed by atoms with Gasteiger partial charge in [-0.2, -0.15) is 0 Å². The van der Waals surface area contributed by atoms with Crippen molar-refractivity contribution in [3.05, 3.63) is 65.5 Å². The van der Waals surface area contributed by atoms with Crippen LogP contribution in [-0.2, 0) is 0 Å². The van der Waals surface area contributed by atoms with E-state index in [1.54, 1.807) is 28.1 Å². The van der Waals surface area contributed by atoms with Crippen molar-refractivity contribution in [1.82, 2.24) is 10.1 Å². The lowest BCUT2D eigenvalue weighted by atomic mass is 10.1. The second kappa shape index (κ2) is 8.61. The molecule has 4 rings (SSSR count). The van der Waals surface area contributed by atoms with E-state index in [-0.39, 0.29) is 5.91 Å². The van der Waals surface area contributed by atoms with Gasteiger partial charge in [-0.15, -0.1) is 0 Å². The Morgan fingerprint density at radius 2 is 1.52 bits per heavy atom. The zero-order chi connectivity index (χ0) is 22.0. The molecule has 0 aliphatic heterocycles. The van der Waals surface area contributed by atoms with Gasteiger partial charge in [-0.3, -0.25) is 10.1 Å². The molecule has 8 heteroatoms. The molecule has 0 radical (unpaired) electrons. The van der Waals surface area contributed by atoms with E-state index < -0.39 is 0 Å².